The number of carboxylic acid groups (broad SMARTS) is 1. The van der Waals surface area contributed by atoms with Crippen LogP contribution in [0.15, 0.2) is 34.5 Å². The first-order valence-electron chi connectivity index (χ1n) is 6.31. The number of rotatable bonds is 6. The van der Waals surface area contributed by atoms with Crippen LogP contribution in [0.1, 0.15) is 22.7 Å². The zero-order valence-corrected chi connectivity index (χ0v) is 13.1. The van der Waals surface area contributed by atoms with Gasteiger partial charge in [0.25, 0.3) is 0 Å². The Kier molecular flexibility index (Phi) is 4.74. The van der Waals surface area contributed by atoms with Gasteiger partial charge in [-0.25, -0.2) is 13.4 Å². The van der Waals surface area contributed by atoms with Crippen molar-refractivity contribution in [3.8, 4) is 0 Å². The highest BCUT2D eigenvalue weighted by Gasteiger charge is 2.17. The van der Waals surface area contributed by atoms with Gasteiger partial charge >= 0.3 is 5.97 Å². The molecule has 0 amide bonds. The second kappa shape index (κ2) is 6.36. The van der Waals surface area contributed by atoms with Gasteiger partial charge in [-0.1, -0.05) is 12.1 Å². The van der Waals surface area contributed by atoms with Crippen molar-refractivity contribution in [3.63, 3.8) is 0 Å². The minimum atomic E-state index is -3.42. The van der Waals surface area contributed by atoms with Crippen molar-refractivity contribution < 1.29 is 18.3 Å². The number of aliphatic carboxylic acids is 1. The molecule has 21 heavy (non-hydrogen) atoms. The molecule has 1 aromatic carbocycles. The second-order valence-corrected chi connectivity index (χ2v) is 7.61. The van der Waals surface area contributed by atoms with E-state index in [4.69, 9.17) is 5.11 Å². The van der Waals surface area contributed by atoms with E-state index in [2.05, 4.69) is 4.98 Å². The van der Waals surface area contributed by atoms with Gasteiger partial charge in [-0.15, -0.1) is 11.3 Å². The van der Waals surface area contributed by atoms with Gasteiger partial charge in [0, 0.05) is 17.5 Å². The molecule has 0 aliphatic rings. The third-order valence-electron chi connectivity index (χ3n) is 2.89. The fraction of sp³-hybridized carbons (Fsp3) is 0.286. The molecule has 2 aromatic rings. The minimum Gasteiger partial charge on any atom is -0.481 e. The van der Waals surface area contributed by atoms with Crippen LogP contribution in [0.4, 0.5) is 0 Å². The number of thiazole rings is 1. The number of carboxylic acids is 1. The Morgan fingerprint density at radius 2 is 1.95 bits per heavy atom. The summed E-state index contributed by atoms with van der Waals surface area (Å²) in [7, 11) is -3.42. The normalized spacial score (nSPS) is 11.5. The predicted octanol–water partition coefficient (Wildman–Crippen LogP) is 2.44. The predicted molar refractivity (Wildman–Crippen MR) is 80.1 cm³/mol. The highest BCUT2D eigenvalue weighted by atomic mass is 32.2. The number of sulfone groups is 1. The van der Waals surface area contributed by atoms with Gasteiger partial charge in [0.15, 0.2) is 9.84 Å². The largest absolute Gasteiger partial charge is 0.481 e. The lowest BCUT2D eigenvalue weighted by Crippen LogP contribution is -2.05. The summed E-state index contributed by atoms with van der Waals surface area (Å²) in [5.41, 5.74) is 1.62. The standard InChI is InChI=1S/C14H15NO4S2/c1-10-8-20-13(15-10)9-21(18,19)12-5-2-11(3-6-12)4-7-14(16)17/h2-3,5-6,8H,4,7,9H2,1H3,(H,16,17). The molecule has 0 unspecified atom stereocenters. The van der Waals surface area contributed by atoms with E-state index in [9.17, 15) is 13.2 Å². The van der Waals surface area contributed by atoms with Crippen molar-refractivity contribution in [1.29, 1.82) is 0 Å². The molecule has 0 aliphatic heterocycles. The molecular weight excluding hydrogens is 310 g/mol. The van der Waals surface area contributed by atoms with E-state index in [1.165, 1.54) is 23.5 Å². The van der Waals surface area contributed by atoms with Crippen LogP contribution in [0.5, 0.6) is 0 Å². The monoisotopic (exact) mass is 325 g/mol. The maximum atomic E-state index is 12.3. The summed E-state index contributed by atoms with van der Waals surface area (Å²) in [5.74, 6) is -0.981. The lowest BCUT2D eigenvalue weighted by molar-refractivity contribution is -0.136. The van der Waals surface area contributed by atoms with Crippen LogP contribution >= 0.6 is 11.3 Å². The quantitative estimate of drug-likeness (QED) is 0.882. The van der Waals surface area contributed by atoms with Crippen LogP contribution in [0.25, 0.3) is 0 Å². The van der Waals surface area contributed by atoms with Crippen LogP contribution in [0, 0.1) is 6.92 Å². The minimum absolute atomic E-state index is 0.0322. The number of aryl methyl sites for hydroxylation is 2. The molecule has 0 saturated carbocycles. The second-order valence-electron chi connectivity index (χ2n) is 4.68. The van der Waals surface area contributed by atoms with E-state index < -0.39 is 15.8 Å². The molecule has 1 N–H and O–H groups in total. The molecular formula is C14H15NO4S2. The Morgan fingerprint density at radius 3 is 2.48 bits per heavy atom. The number of carbonyl (C=O) groups is 1. The topological polar surface area (TPSA) is 84.3 Å². The van der Waals surface area contributed by atoms with Gasteiger partial charge in [0.05, 0.1) is 4.90 Å². The summed E-state index contributed by atoms with van der Waals surface area (Å²) in [4.78, 5) is 14.9. The molecule has 0 spiro atoms. The molecule has 0 fully saturated rings. The Bertz CT molecular complexity index is 733. The lowest BCUT2D eigenvalue weighted by Gasteiger charge is -2.04. The van der Waals surface area contributed by atoms with E-state index in [1.807, 2.05) is 12.3 Å². The fourth-order valence-corrected chi connectivity index (χ4v) is 4.23. The van der Waals surface area contributed by atoms with E-state index in [1.54, 1.807) is 12.1 Å². The maximum absolute atomic E-state index is 12.3. The average Bonchev–Trinajstić information content (AvgIpc) is 2.81. The summed E-state index contributed by atoms with van der Waals surface area (Å²) in [6.07, 6.45) is 0.422. The van der Waals surface area contributed by atoms with Gasteiger partial charge < -0.3 is 5.11 Å². The number of hydrogen-bond acceptors (Lipinski definition) is 5. The highest BCUT2D eigenvalue weighted by Crippen LogP contribution is 2.19. The molecule has 0 atom stereocenters. The molecule has 2 rings (SSSR count). The van der Waals surface area contributed by atoms with Gasteiger partial charge in [0.2, 0.25) is 0 Å². The van der Waals surface area contributed by atoms with Crippen LogP contribution in [0.3, 0.4) is 0 Å². The molecule has 7 heteroatoms. The van der Waals surface area contributed by atoms with Crippen LogP contribution in [-0.2, 0) is 26.8 Å². The first-order chi connectivity index (χ1) is 9.87. The summed E-state index contributed by atoms with van der Waals surface area (Å²) < 4.78 is 24.5. The number of nitrogens with zero attached hydrogens (tertiary/aromatic N) is 1. The SMILES string of the molecule is Cc1csc(CS(=O)(=O)c2ccc(CCC(=O)O)cc2)n1. The average molecular weight is 325 g/mol. The van der Waals surface area contributed by atoms with E-state index in [0.717, 1.165) is 11.3 Å². The molecule has 1 heterocycles. The summed E-state index contributed by atoms with van der Waals surface area (Å²) in [6, 6.07) is 6.35. The van der Waals surface area contributed by atoms with Crippen molar-refractivity contribution in [2.45, 2.75) is 30.4 Å². The van der Waals surface area contributed by atoms with Gasteiger partial charge in [-0.2, -0.15) is 0 Å². The number of benzene rings is 1. The van der Waals surface area contributed by atoms with Gasteiger partial charge in [-0.3, -0.25) is 4.79 Å². The molecule has 0 saturated heterocycles. The zero-order valence-electron chi connectivity index (χ0n) is 11.4. The van der Waals surface area contributed by atoms with Crippen molar-refractivity contribution in [3.05, 3.63) is 45.9 Å². The molecule has 0 aliphatic carbocycles. The van der Waals surface area contributed by atoms with Crippen molar-refractivity contribution in [2.75, 3.05) is 0 Å². The Balaban J connectivity index is 2.11. The van der Waals surface area contributed by atoms with Crippen molar-refractivity contribution in [1.82, 2.24) is 4.98 Å². The Morgan fingerprint density at radius 1 is 1.29 bits per heavy atom. The molecule has 112 valence electrons. The van der Waals surface area contributed by atoms with E-state index >= 15 is 0 Å². The number of aromatic nitrogens is 1. The van der Waals surface area contributed by atoms with Gasteiger partial charge in [-0.05, 0) is 31.0 Å². The maximum Gasteiger partial charge on any atom is 0.303 e. The number of hydrogen-bond donors (Lipinski definition) is 1. The Labute approximate surface area is 127 Å². The molecule has 0 bridgehead atoms. The smallest absolute Gasteiger partial charge is 0.303 e. The third-order valence-corrected chi connectivity index (χ3v) is 5.68. The first kappa shape index (κ1) is 15.7. The van der Waals surface area contributed by atoms with E-state index in [-0.39, 0.29) is 17.1 Å². The van der Waals surface area contributed by atoms with Crippen LogP contribution < -0.4 is 0 Å². The van der Waals surface area contributed by atoms with Crippen LogP contribution in [0.2, 0.25) is 0 Å². The molecule has 5 nitrogen and oxygen atoms in total. The zero-order chi connectivity index (χ0) is 15.5. The van der Waals surface area contributed by atoms with Crippen molar-refractivity contribution in [2.24, 2.45) is 0 Å². The first-order valence-corrected chi connectivity index (χ1v) is 8.84. The summed E-state index contributed by atoms with van der Waals surface area (Å²) in [6.45, 7) is 1.82. The third kappa shape index (κ3) is 4.37. The molecule has 0 radical (unpaired) electrons. The fourth-order valence-electron chi connectivity index (χ4n) is 1.83. The summed E-state index contributed by atoms with van der Waals surface area (Å²) in [5, 5.41) is 11.0. The van der Waals surface area contributed by atoms with Crippen molar-refractivity contribution >= 4 is 27.1 Å². The Hall–Kier alpha value is -1.73. The summed E-state index contributed by atoms with van der Waals surface area (Å²) >= 11 is 1.33. The molecule has 1 aromatic heterocycles. The highest BCUT2D eigenvalue weighted by molar-refractivity contribution is 7.90. The van der Waals surface area contributed by atoms with Gasteiger partial charge in [0.1, 0.15) is 10.8 Å². The van der Waals surface area contributed by atoms with Crippen LogP contribution in [-0.4, -0.2) is 24.5 Å². The van der Waals surface area contributed by atoms with E-state index in [0.29, 0.717) is 11.4 Å². The lowest BCUT2D eigenvalue weighted by atomic mass is 10.1.